The van der Waals surface area contributed by atoms with Crippen molar-refractivity contribution < 1.29 is 4.79 Å². The van der Waals surface area contributed by atoms with E-state index in [1.807, 2.05) is 35.9 Å². The van der Waals surface area contributed by atoms with Crippen molar-refractivity contribution in [3.8, 4) is 0 Å². The molecule has 0 aliphatic heterocycles. The Bertz CT molecular complexity index is 614. The second kappa shape index (κ2) is 6.67. The number of hydrogen-bond acceptors (Lipinski definition) is 4. The quantitative estimate of drug-likeness (QED) is 0.803. The van der Waals surface area contributed by atoms with Gasteiger partial charge in [-0.1, -0.05) is 23.7 Å². The van der Waals surface area contributed by atoms with E-state index >= 15 is 0 Å². The van der Waals surface area contributed by atoms with Gasteiger partial charge in [0.1, 0.15) is 11.0 Å². The minimum atomic E-state index is -0.333. The van der Waals surface area contributed by atoms with Crippen LogP contribution < -0.4 is 11.1 Å². The van der Waals surface area contributed by atoms with Crippen molar-refractivity contribution >= 4 is 35.0 Å². The average Bonchev–Trinajstić information content (AvgIpc) is 2.75. The zero-order chi connectivity index (χ0) is 14.5. The van der Waals surface area contributed by atoms with Crippen molar-refractivity contribution in [1.29, 1.82) is 0 Å². The van der Waals surface area contributed by atoms with E-state index in [1.54, 1.807) is 6.20 Å². The number of hydrogen-bond donors (Lipinski definition) is 2. The molecule has 0 bridgehead atoms. The third-order valence-electron chi connectivity index (χ3n) is 2.72. The van der Waals surface area contributed by atoms with Crippen LogP contribution in [-0.2, 0) is 18.4 Å². The minimum Gasteiger partial charge on any atom is -0.377 e. The first-order valence-electron chi connectivity index (χ1n) is 5.98. The van der Waals surface area contributed by atoms with Crippen LogP contribution in [0.15, 0.2) is 35.4 Å². The maximum atomic E-state index is 10.9. The molecule has 3 N–H and O–H groups in total. The summed E-state index contributed by atoms with van der Waals surface area (Å²) >= 11 is 7.35. The Kier molecular flexibility index (Phi) is 4.92. The van der Waals surface area contributed by atoms with Crippen LogP contribution in [0.1, 0.15) is 5.82 Å². The van der Waals surface area contributed by atoms with E-state index in [2.05, 4.69) is 10.3 Å². The van der Waals surface area contributed by atoms with Crippen LogP contribution in [0.4, 0.5) is 5.69 Å². The number of halogens is 1. The molecule has 2 aromatic rings. The van der Waals surface area contributed by atoms with Crippen LogP contribution in [-0.4, -0.2) is 21.2 Å². The highest BCUT2D eigenvalue weighted by atomic mass is 35.5. The predicted molar refractivity (Wildman–Crippen MR) is 81.9 cm³/mol. The number of aromatic nitrogens is 2. The fourth-order valence-corrected chi connectivity index (χ4v) is 2.56. The maximum absolute atomic E-state index is 10.9. The summed E-state index contributed by atoms with van der Waals surface area (Å²) in [5.41, 5.74) is 6.11. The fourth-order valence-electron chi connectivity index (χ4n) is 1.65. The van der Waals surface area contributed by atoms with E-state index in [1.165, 1.54) is 11.8 Å². The molecule has 0 radical (unpaired) electrons. The molecule has 0 aliphatic rings. The number of nitrogens with zero attached hydrogens (tertiary/aromatic N) is 2. The number of imidazole rings is 1. The first-order valence-corrected chi connectivity index (χ1v) is 7.34. The molecule has 0 aliphatic carbocycles. The van der Waals surface area contributed by atoms with Gasteiger partial charge in [0.2, 0.25) is 5.91 Å². The van der Waals surface area contributed by atoms with Gasteiger partial charge in [-0.2, -0.15) is 0 Å². The Labute approximate surface area is 126 Å². The van der Waals surface area contributed by atoms with Gasteiger partial charge in [-0.3, -0.25) is 4.79 Å². The number of carbonyl (C=O) groups is 1. The molecule has 7 heteroatoms. The molecular weight excluding hydrogens is 296 g/mol. The van der Waals surface area contributed by atoms with Crippen LogP contribution in [0, 0.1) is 0 Å². The highest BCUT2D eigenvalue weighted by Gasteiger charge is 2.07. The number of thioether (sulfide) groups is 1. The smallest absolute Gasteiger partial charge is 0.227 e. The van der Waals surface area contributed by atoms with Crippen LogP contribution in [0.2, 0.25) is 5.15 Å². The lowest BCUT2D eigenvalue weighted by Crippen LogP contribution is -2.13. The standard InChI is InChI=1S/C13H15ClN4OS/c1-18-11(14)6-17-13(18)7-16-9-4-2-3-5-10(9)20-8-12(15)19/h2-6,16H,7-8H2,1H3,(H2,15,19). The molecule has 0 fully saturated rings. The van der Waals surface area contributed by atoms with Crippen molar-refractivity contribution in [2.75, 3.05) is 11.1 Å². The van der Waals surface area contributed by atoms with Gasteiger partial charge in [-0.15, -0.1) is 11.8 Å². The first kappa shape index (κ1) is 14.7. The Morgan fingerprint density at radius 1 is 1.50 bits per heavy atom. The Morgan fingerprint density at radius 2 is 2.25 bits per heavy atom. The molecule has 2 rings (SSSR count). The number of benzene rings is 1. The van der Waals surface area contributed by atoms with Crippen LogP contribution in [0.5, 0.6) is 0 Å². The first-order chi connectivity index (χ1) is 9.58. The van der Waals surface area contributed by atoms with Crippen molar-refractivity contribution in [2.24, 2.45) is 12.8 Å². The van der Waals surface area contributed by atoms with Crippen molar-refractivity contribution in [2.45, 2.75) is 11.4 Å². The highest BCUT2D eigenvalue weighted by Crippen LogP contribution is 2.27. The Balaban J connectivity index is 2.05. The van der Waals surface area contributed by atoms with Gasteiger partial charge >= 0.3 is 0 Å². The van der Waals surface area contributed by atoms with E-state index < -0.39 is 0 Å². The van der Waals surface area contributed by atoms with Crippen LogP contribution in [0.25, 0.3) is 0 Å². The maximum Gasteiger partial charge on any atom is 0.227 e. The predicted octanol–water partition coefficient (Wildman–Crippen LogP) is 2.26. The van der Waals surface area contributed by atoms with Gasteiger partial charge in [0, 0.05) is 17.6 Å². The van der Waals surface area contributed by atoms with Gasteiger partial charge in [0.25, 0.3) is 0 Å². The SMILES string of the molecule is Cn1c(Cl)cnc1CNc1ccccc1SCC(N)=O. The molecule has 0 saturated carbocycles. The summed E-state index contributed by atoms with van der Waals surface area (Å²) in [6.45, 7) is 0.553. The number of carbonyl (C=O) groups excluding carboxylic acids is 1. The lowest BCUT2D eigenvalue weighted by atomic mass is 10.3. The van der Waals surface area contributed by atoms with Crippen molar-refractivity contribution in [3.05, 3.63) is 41.4 Å². The molecule has 1 aromatic carbocycles. The van der Waals surface area contributed by atoms with E-state index in [9.17, 15) is 4.79 Å². The lowest BCUT2D eigenvalue weighted by molar-refractivity contribution is -0.115. The monoisotopic (exact) mass is 310 g/mol. The second-order valence-electron chi connectivity index (χ2n) is 4.16. The normalized spacial score (nSPS) is 10.5. The summed E-state index contributed by atoms with van der Waals surface area (Å²) < 4.78 is 1.81. The third kappa shape index (κ3) is 3.68. The Morgan fingerprint density at radius 3 is 2.90 bits per heavy atom. The number of nitrogens with one attached hydrogen (secondary N) is 1. The van der Waals surface area contributed by atoms with Crippen molar-refractivity contribution in [1.82, 2.24) is 9.55 Å². The number of rotatable bonds is 6. The summed E-state index contributed by atoms with van der Waals surface area (Å²) in [6, 6.07) is 7.75. The fraction of sp³-hybridized carbons (Fsp3) is 0.231. The molecule has 1 aromatic heterocycles. The zero-order valence-corrected chi connectivity index (χ0v) is 12.5. The third-order valence-corrected chi connectivity index (χ3v) is 4.17. The molecule has 5 nitrogen and oxygen atoms in total. The second-order valence-corrected chi connectivity index (χ2v) is 5.57. The number of primary amides is 1. The Hall–Kier alpha value is -1.66. The average molecular weight is 311 g/mol. The largest absolute Gasteiger partial charge is 0.377 e. The van der Waals surface area contributed by atoms with Crippen molar-refractivity contribution in [3.63, 3.8) is 0 Å². The topological polar surface area (TPSA) is 72.9 Å². The zero-order valence-electron chi connectivity index (χ0n) is 11.0. The highest BCUT2D eigenvalue weighted by molar-refractivity contribution is 8.00. The lowest BCUT2D eigenvalue weighted by Gasteiger charge is -2.11. The summed E-state index contributed by atoms with van der Waals surface area (Å²) in [5.74, 6) is 0.762. The molecule has 0 spiro atoms. The molecular formula is C13H15ClN4OS. The minimum absolute atomic E-state index is 0.257. The number of para-hydroxylation sites is 1. The van der Waals surface area contributed by atoms with Gasteiger partial charge in [-0.05, 0) is 12.1 Å². The van der Waals surface area contributed by atoms with Gasteiger partial charge in [0.15, 0.2) is 0 Å². The molecule has 20 heavy (non-hydrogen) atoms. The summed E-state index contributed by atoms with van der Waals surface area (Å²) in [7, 11) is 1.86. The summed E-state index contributed by atoms with van der Waals surface area (Å²) in [5, 5.41) is 3.89. The van der Waals surface area contributed by atoms with E-state index in [4.69, 9.17) is 17.3 Å². The van der Waals surface area contributed by atoms with Gasteiger partial charge in [-0.25, -0.2) is 4.98 Å². The molecule has 0 unspecified atom stereocenters. The van der Waals surface area contributed by atoms with Gasteiger partial charge < -0.3 is 15.6 Å². The number of anilines is 1. The van der Waals surface area contributed by atoms with E-state index in [0.29, 0.717) is 11.7 Å². The summed E-state index contributed by atoms with van der Waals surface area (Å²) in [4.78, 5) is 16.1. The number of amides is 1. The molecule has 106 valence electrons. The van der Waals surface area contributed by atoms with E-state index in [0.717, 1.165) is 16.4 Å². The number of nitrogens with two attached hydrogens (primary N) is 1. The summed E-state index contributed by atoms with van der Waals surface area (Å²) in [6.07, 6.45) is 1.62. The van der Waals surface area contributed by atoms with E-state index in [-0.39, 0.29) is 11.7 Å². The molecule has 1 amide bonds. The van der Waals surface area contributed by atoms with Crippen LogP contribution >= 0.6 is 23.4 Å². The molecule has 1 heterocycles. The van der Waals surface area contributed by atoms with Crippen LogP contribution in [0.3, 0.4) is 0 Å². The molecule has 0 saturated heterocycles. The molecule has 0 atom stereocenters. The van der Waals surface area contributed by atoms with Gasteiger partial charge in [0.05, 0.1) is 18.5 Å².